The number of imide groups is 1. The van der Waals surface area contributed by atoms with Crippen molar-refractivity contribution in [1.29, 1.82) is 0 Å². The van der Waals surface area contributed by atoms with Gasteiger partial charge in [-0.3, -0.25) is 14.5 Å². The van der Waals surface area contributed by atoms with Crippen LogP contribution in [0.3, 0.4) is 0 Å². The molecule has 0 radical (unpaired) electrons. The maximum atomic E-state index is 12.3. The molecule has 2 amide bonds. The molecule has 5 nitrogen and oxygen atoms in total. The van der Waals surface area contributed by atoms with Gasteiger partial charge in [-0.15, -0.1) is 0 Å². The fourth-order valence-electron chi connectivity index (χ4n) is 2.80. The highest BCUT2D eigenvalue weighted by Gasteiger charge is 2.41. The second-order valence-electron chi connectivity index (χ2n) is 4.93. The van der Waals surface area contributed by atoms with Gasteiger partial charge in [-0.25, -0.2) is 0 Å². The van der Waals surface area contributed by atoms with E-state index in [4.69, 9.17) is 4.74 Å². The minimum absolute atomic E-state index is 0.0445. The average Bonchev–Trinajstić information content (AvgIpc) is 2.72. The summed E-state index contributed by atoms with van der Waals surface area (Å²) in [6.45, 7) is 1.39. The first-order valence-corrected chi connectivity index (χ1v) is 6.43. The molecule has 0 aromatic heterocycles. The van der Waals surface area contributed by atoms with Crippen molar-refractivity contribution >= 4 is 11.8 Å². The van der Waals surface area contributed by atoms with E-state index in [0.717, 1.165) is 6.54 Å². The average molecular weight is 260 g/mol. The van der Waals surface area contributed by atoms with Crippen LogP contribution in [0.5, 0.6) is 0 Å². The van der Waals surface area contributed by atoms with Crippen molar-refractivity contribution in [2.75, 3.05) is 20.2 Å². The Morgan fingerprint density at radius 3 is 2.37 bits per heavy atom. The van der Waals surface area contributed by atoms with E-state index in [2.05, 4.69) is 5.32 Å². The molecule has 1 aromatic rings. The highest BCUT2D eigenvalue weighted by atomic mass is 16.5. The van der Waals surface area contributed by atoms with Gasteiger partial charge >= 0.3 is 0 Å². The molecule has 0 bridgehead atoms. The summed E-state index contributed by atoms with van der Waals surface area (Å²) in [7, 11) is 1.65. The predicted molar refractivity (Wildman–Crippen MR) is 69.0 cm³/mol. The Bertz CT molecular complexity index is 494. The second kappa shape index (κ2) is 4.75. The first-order chi connectivity index (χ1) is 9.22. The van der Waals surface area contributed by atoms with Crippen LogP contribution < -0.4 is 5.32 Å². The first-order valence-electron chi connectivity index (χ1n) is 6.43. The van der Waals surface area contributed by atoms with Crippen LogP contribution in [0.2, 0.25) is 0 Å². The summed E-state index contributed by atoms with van der Waals surface area (Å²) >= 11 is 0. The second-order valence-corrected chi connectivity index (χ2v) is 4.93. The fourth-order valence-corrected chi connectivity index (χ4v) is 2.80. The first kappa shape index (κ1) is 12.3. The van der Waals surface area contributed by atoms with Crippen molar-refractivity contribution in [3.05, 3.63) is 35.4 Å². The van der Waals surface area contributed by atoms with Gasteiger partial charge in [-0.05, 0) is 18.6 Å². The maximum absolute atomic E-state index is 12.3. The van der Waals surface area contributed by atoms with Crippen molar-refractivity contribution < 1.29 is 14.3 Å². The summed E-state index contributed by atoms with van der Waals surface area (Å²) in [5.41, 5.74) is 1.01. The third kappa shape index (κ3) is 1.95. The van der Waals surface area contributed by atoms with Crippen LogP contribution in [0.15, 0.2) is 24.3 Å². The summed E-state index contributed by atoms with van der Waals surface area (Å²) in [4.78, 5) is 26.1. The molecule has 5 heteroatoms. The lowest BCUT2D eigenvalue weighted by molar-refractivity contribution is 0.0326. The number of nitrogens with zero attached hydrogens (tertiary/aromatic N) is 1. The lowest BCUT2D eigenvalue weighted by Crippen LogP contribution is -2.53. The van der Waals surface area contributed by atoms with Gasteiger partial charge in [0.25, 0.3) is 11.8 Å². The Labute approximate surface area is 111 Å². The summed E-state index contributed by atoms with van der Waals surface area (Å²) < 4.78 is 5.32. The van der Waals surface area contributed by atoms with Gasteiger partial charge in [-0.1, -0.05) is 12.1 Å². The van der Waals surface area contributed by atoms with Crippen molar-refractivity contribution in [3.63, 3.8) is 0 Å². The number of piperidine rings is 1. The molecule has 0 saturated carbocycles. The van der Waals surface area contributed by atoms with Gasteiger partial charge in [0.15, 0.2) is 0 Å². The summed E-state index contributed by atoms with van der Waals surface area (Å²) in [5.74, 6) is -0.381. The number of ether oxygens (including phenoxy) is 1. The molecular formula is C14H16N2O3. The molecule has 1 fully saturated rings. The number of fused-ring (bicyclic) bond motifs is 1. The van der Waals surface area contributed by atoms with E-state index < -0.39 is 0 Å². The quantitative estimate of drug-likeness (QED) is 0.794. The molecule has 1 unspecified atom stereocenters. The van der Waals surface area contributed by atoms with Gasteiger partial charge in [0, 0.05) is 20.2 Å². The normalized spacial score (nSPS) is 26.7. The third-order valence-electron chi connectivity index (χ3n) is 3.81. The summed E-state index contributed by atoms with van der Waals surface area (Å²) in [5, 5.41) is 3.21. The lowest BCUT2D eigenvalue weighted by Gasteiger charge is -2.34. The van der Waals surface area contributed by atoms with Crippen molar-refractivity contribution in [2.24, 2.45) is 0 Å². The summed E-state index contributed by atoms with van der Waals surface area (Å²) in [6, 6.07) is 6.85. The summed E-state index contributed by atoms with van der Waals surface area (Å²) in [6.07, 6.45) is 0.734. The van der Waals surface area contributed by atoms with Crippen LogP contribution >= 0.6 is 0 Å². The monoisotopic (exact) mass is 260 g/mol. The highest BCUT2D eigenvalue weighted by molar-refractivity contribution is 6.21. The molecule has 100 valence electrons. The Morgan fingerprint density at radius 1 is 1.16 bits per heavy atom. The third-order valence-corrected chi connectivity index (χ3v) is 3.81. The van der Waals surface area contributed by atoms with Gasteiger partial charge in [0.05, 0.1) is 23.3 Å². The molecule has 1 saturated heterocycles. The minimum atomic E-state index is -0.191. The number of methoxy groups -OCH3 is 1. The largest absolute Gasteiger partial charge is 0.380 e. The van der Waals surface area contributed by atoms with Crippen LogP contribution in [-0.2, 0) is 4.74 Å². The lowest BCUT2D eigenvalue weighted by atomic mass is 10.0. The maximum Gasteiger partial charge on any atom is 0.261 e. The number of amides is 2. The zero-order chi connectivity index (χ0) is 13.4. The van der Waals surface area contributed by atoms with Gasteiger partial charge in [0.1, 0.15) is 0 Å². The molecule has 2 atom stereocenters. The molecule has 19 heavy (non-hydrogen) atoms. The number of carbonyl (C=O) groups is 2. The molecule has 0 aliphatic carbocycles. The molecule has 1 N–H and O–H groups in total. The Kier molecular flexibility index (Phi) is 3.08. The van der Waals surface area contributed by atoms with E-state index in [1.54, 1.807) is 31.4 Å². The Hall–Kier alpha value is -1.72. The topological polar surface area (TPSA) is 58.6 Å². The van der Waals surface area contributed by atoms with Crippen LogP contribution in [0.4, 0.5) is 0 Å². The van der Waals surface area contributed by atoms with E-state index in [0.29, 0.717) is 24.1 Å². The molecular weight excluding hydrogens is 244 g/mol. The van der Waals surface area contributed by atoms with E-state index in [1.165, 1.54) is 4.90 Å². The number of carbonyl (C=O) groups excluding carboxylic acids is 2. The molecule has 2 aliphatic heterocycles. The van der Waals surface area contributed by atoms with Gasteiger partial charge in [0.2, 0.25) is 0 Å². The van der Waals surface area contributed by atoms with E-state index in [-0.39, 0.29) is 24.0 Å². The zero-order valence-corrected chi connectivity index (χ0v) is 10.8. The number of benzene rings is 1. The SMILES string of the molecule is COC1CNC[C@H](N2C(=O)c3ccccc3C2=O)C1. The molecule has 0 spiro atoms. The smallest absolute Gasteiger partial charge is 0.261 e. The number of nitrogens with one attached hydrogen (secondary N) is 1. The Balaban J connectivity index is 1.87. The predicted octanol–water partition coefficient (Wildman–Crippen LogP) is 0.659. The molecule has 2 aliphatic rings. The zero-order valence-electron chi connectivity index (χ0n) is 10.8. The van der Waals surface area contributed by atoms with Gasteiger partial charge in [-0.2, -0.15) is 0 Å². The molecule has 3 rings (SSSR count). The van der Waals surface area contributed by atoms with Crippen LogP contribution in [-0.4, -0.2) is 49.1 Å². The molecule has 2 heterocycles. The van der Waals surface area contributed by atoms with Crippen molar-refractivity contribution in [2.45, 2.75) is 18.6 Å². The van der Waals surface area contributed by atoms with Gasteiger partial charge < -0.3 is 10.1 Å². The van der Waals surface area contributed by atoms with Crippen LogP contribution in [0.25, 0.3) is 0 Å². The Morgan fingerprint density at radius 2 is 1.79 bits per heavy atom. The van der Waals surface area contributed by atoms with E-state index in [9.17, 15) is 9.59 Å². The number of hydrogen-bond donors (Lipinski definition) is 1. The van der Waals surface area contributed by atoms with E-state index >= 15 is 0 Å². The number of hydrogen-bond acceptors (Lipinski definition) is 4. The highest BCUT2D eigenvalue weighted by Crippen LogP contribution is 2.26. The molecule has 1 aromatic carbocycles. The minimum Gasteiger partial charge on any atom is -0.380 e. The standard InChI is InChI=1S/C14H16N2O3/c1-19-10-6-9(7-15-8-10)16-13(17)11-4-2-3-5-12(11)14(16)18/h2-5,9-10,15H,6-8H2,1H3/t9-,10?/m1/s1. The van der Waals surface area contributed by atoms with Crippen LogP contribution in [0, 0.1) is 0 Å². The van der Waals surface area contributed by atoms with Crippen molar-refractivity contribution in [3.8, 4) is 0 Å². The van der Waals surface area contributed by atoms with Crippen molar-refractivity contribution in [1.82, 2.24) is 10.2 Å². The fraction of sp³-hybridized carbons (Fsp3) is 0.429. The number of rotatable bonds is 2. The van der Waals surface area contributed by atoms with Crippen LogP contribution in [0.1, 0.15) is 27.1 Å². The van der Waals surface area contributed by atoms with E-state index in [1.807, 2.05) is 0 Å².